The molecule has 8 nitrogen and oxygen atoms in total. The first-order valence-electron chi connectivity index (χ1n) is 11.5. The summed E-state index contributed by atoms with van der Waals surface area (Å²) in [5.41, 5.74) is 1.56. The van der Waals surface area contributed by atoms with Crippen molar-refractivity contribution in [1.29, 1.82) is 0 Å². The fourth-order valence-corrected chi connectivity index (χ4v) is 3.86. The Morgan fingerprint density at radius 2 is 1.61 bits per heavy atom. The highest BCUT2D eigenvalue weighted by Gasteiger charge is 2.34. The monoisotopic (exact) mass is 493 g/mol. The Balaban J connectivity index is 2.32. The Morgan fingerprint density at radius 1 is 0.972 bits per heavy atom. The molecule has 0 aliphatic heterocycles. The Morgan fingerprint density at radius 3 is 2.14 bits per heavy atom. The average molecular weight is 494 g/mol. The number of carbonyl (C=O) groups excluding carboxylic acids is 1. The lowest BCUT2D eigenvalue weighted by atomic mass is 9.91. The summed E-state index contributed by atoms with van der Waals surface area (Å²) in [5, 5.41) is 12.3. The summed E-state index contributed by atoms with van der Waals surface area (Å²) in [7, 11) is 2.84. The molecule has 3 aromatic carbocycles. The largest absolute Gasteiger partial charge is 0.497 e. The van der Waals surface area contributed by atoms with Crippen LogP contribution in [0, 0.1) is 17.0 Å². The second kappa shape index (κ2) is 11.1. The average Bonchev–Trinajstić information content (AvgIpc) is 2.84. The first kappa shape index (κ1) is 26.5. The van der Waals surface area contributed by atoms with E-state index < -0.39 is 16.5 Å². The number of esters is 1. The van der Waals surface area contributed by atoms with E-state index in [4.69, 9.17) is 18.9 Å². The van der Waals surface area contributed by atoms with Crippen LogP contribution in [-0.4, -0.2) is 30.7 Å². The van der Waals surface area contributed by atoms with Crippen molar-refractivity contribution in [2.24, 2.45) is 0 Å². The van der Waals surface area contributed by atoms with Crippen LogP contribution >= 0.6 is 0 Å². The number of carbonyl (C=O) groups is 1. The predicted molar refractivity (Wildman–Crippen MR) is 137 cm³/mol. The minimum atomic E-state index is -0.672. The summed E-state index contributed by atoms with van der Waals surface area (Å²) in [6.07, 6.45) is -0.299. The molecule has 0 spiro atoms. The standard InChI is InChI=1S/C28H31NO7/c1-18-25(29(31)32)22(16-23(30)34-6)24(20-10-8-7-9-11-20)27(26(18)36-28(2,3)4)35-17-19-12-14-21(33-5)15-13-19/h7-15H,16-17H2,1-6H3. The normalized spacial score (nSPS) is 11.1. The van der Waals surface area contributed by atoms with Crippen molar-refractivity contribution in [2.45, 2.75) is 46.3 Å². The molecule has 0 atom stereocenters. The van der Waals surface area contributed by atoms with Crippen LogP contribution in [0.15, 0.2) is 54.6 Å². The summed E-state index contributed by atoms with van der Waals surface area (Å²) in [4.78, 5) is 24.2. The molecule has 0 saturated heterocycles. The molecule has 36 heavy (non-hydrogen) atoms. The lowest BCUT2D eigenvalue weighted by Crippen LogP contribution is -2.24. The Hall–Kier alpha value is -4.07. The maximum Gasteiger partial charge on any atom is 0.310 e. The van der Waals surface area contributed by atoms with Crippen molar-refractivity contribution < 1.29 is 28.7 Å². The maximum atomic E-state index is 12.4. The molecule has 0 heterocycles. The smallest absolute Gasteiger partial charge is 0.310 e. The van der Waals surface area contributed by atoms with Gasteiger partial charge in [0.1, 0.15) is 18.0 Å². The molecule has 0 unspecified atom stereocenters. The van der Waals surface area contributed by atoms with Gasteiger partial charge in [-0.15, -0.1) is 0 Å². The molecule has 190 valence electrons. The van der Waals surface area contributed by atoms with E-state index in [1.807, 2.05) is 75.4 Å². The van der Waals surface area contributed by atoms with Crippen molar-refractivity contribution in [3.63, 3.8) is 0 Å². The Kier molecular flexibility index (Phi) is 8.19. The number of nitro benzene ring substituents is 1. The van der Waals surface area contributed by atoms with Gasteiger partial charge in [-0.2, -0.15) is 0 Å². The Bertz CT molecular complexity index is 1230. The summed E-state index contributed by atoms with van der Waals surface area (Å²) < 4.78 is 22.7. The molecule has 0 saturated carbocycles. The van der Waals surface area contributed by atoms with Gasteiger partial charge in [0.15, 0.2) is 11.5 Å². The molecule has 3 aromatic rings. The minimum absolute atomic E-state index is 0.166. The van der Waals surface area contributed by atoms with Gasteiger partial charge in [0.25, 0.3) is 5.69 Å². The molecule has 0 fully saturated rings. The number of rotatable bonds is 9. The number of benzene rings is 3. The first-order chi connectivity index (χ1) is 17.1. The molecule has 3 rings (SSSR count). The summed E-state index contributed by atoms with van der Waals surface area (Å²) >= 11 is 0. The predicted octanol–water partition coefficient (Wildman–Crippen LogP) is 6.05. The molecular formula is C28H31NO7. The van der Waals surface area contributed by atoms with Crippen molar-refractivity contribution in [3.8, 4) is 28.4 Å². The SMILES string of the molecule is COC(=O)Cc1c(-c2ccccc2)c(OCc2ccc(OC)cc2)c(OC(C)(C)C)c(C)c1[N+](=O)[O-]. The van der Waals surface area contributed by atoms with Gasteiger partial charge in [0.2, 0.25) is 0 Å². The van der Waals surface area contributed by atoms with Crippen molar-refractivity contribution >= 4 is 11.7 Å². The highest BCUT2D eigenvalue weighted by Crippen LogP contribution is 2.50. The highest BCUT2D eigenvalue weighted by atomic mass is 16.6. The number of hydrogen-bond acceptors (Lipinski definition) is 7. The molecule has 0 radical (unpaired) electrons. The zero-order valence-corrected chi connectivity index (χ0v) is 21.4. The topological polar surface area (TPSA) is 97.1 Å². The number of methoxy groups -OCH3 is 2. The number of nitrogens with zero attached hydrogens (tertiary/aromatic N) is 1. The number of nitro groups is 1. The zero-order chi connectivity index (χ0) is 26.5. The van der Waals surface area contributed by atoms with E-state index in [-0.39, 0.29) is 35.6 Å². The lowest BCUT2D eigenvalue weighted by Gasteiger charge is -2.27. The van der Waals surface area contributed by atoms with Gasteiger partial charge >= 0.3 is 5.97 Å². The van der Waals surface area contributed by atoms with Gasteiger partial charge in [-0.05, 0) is 51.0 Å². The van der Waals surface area contributed by atoms with E-state index in [2.05, 4.69) is 0 Å². The fourth-order valence-electron chi connectivity index (χ4n) is 3.86. The van der Waals surface area contributed by atoms with E-state index in [1.54, 1.807) is 14.0 Å². The van der Waals surface area contributed by atoms with Crippen molar-refractivity contribution in [2.75, 3.05) is 14.2 Å². The molecule has 8 heteroatoms. The fraction of sp³-hybridized carbons (Fsp3) is 0.321. The third kappa shape index (κ3) is 6.13. The second-order valence-electron chi connectivity index (χ2n) is 9.21. The number of hydrogen-bond donors (Lipinski definition) is 0. The van der Waals surface area contributed by atoms with Gasteiger partial charge in [0, 0.05) is 5.56 Å². The molecule has 0 amide bonds. The van der Waals surface area contributed by atoms with Crippen LogP contribution in [0.2, 0.25) is 0 Å². The third-order valence-corrected chi connectivity index (χ3v) is 5.46. The molecule has 0 aromatic heterocycles. The van der Waals surface area contributed by atoms with Crippen LogP contribution in [0.4, 0.5) is 5.69 Å². The van der Waals surface area contributed by atoms with Crippen LogP contribution in [0.1, 0.15) is 37.5 Å². The van der Waals surface area contributed by atoms with Gasteiger partial charge in [0.05, 0.1) is 36.7 Å². The Labute approximate surface area is 210 Å². The molecule has 0 bridgehead atoms. The summed E-state index contributed by atoms with van der Waals surface area (Å²) in [6.45, 7) is 7.34. The van der Waals surface area contributed by atoms with Gasteiger partial charge < -0.3 is 18.9 Å². The van der Waals surface area contributed by atoms with Gasteiger partial charge in [-0.25, -0.2) is 0 Å². The van der Waals surface area contributed by atoms with Gasteiger partial charge in [-0.3, -0.25) is 14.9 Å². The first-order valence-corrected chi connectivity index (χ1v) is 11.5. The molecular weight excluding hydrogens is 462 g/mol. The van der Waals surface area contributed by atoms with Crippen LogP contribution in [-0.2, 0) is 22.6 Å². The van der Waals surface area contributed by atoms with Crippen LogP contribution in [0.5, 0.6) is 17.2 Å². The van der Waals surface area contributed by atoms with Crippen LogP contribution in [0.25, 0.3) is 11.1 Å². The van der Waals surface area contributed by atoms with Gasteiger partial charge in [-0.1, -0.05) is 42.5 Å². The quantitative estimate of drug-likeness (QED) is 0.203. The van der Waals surface area contributed by atoms with Crippen molar-refractivity contribution in [1.82, 2.24) is 0 Å². The second-order valence-corrected chi connectivity index (χ2v) is 9.21. The minimum Gasteiger partial charge on any atom is -0.497 e. The van der Waals surface area contributed by atoms with E-state index in [9.17, 15) is 14.9 Å². The van der Waals surface area contributed by atoms with Crippen LogP contribution in [0.3, 0.4) is 0 Å². The van der Waals surface area contributed by atoms with Crippen LogP contribution < -0.4 is 14.2 Å². The van der Waals surface area contributed by atoms with Crippen molar-refractivity contribution in [3.05, 3.63) is 81.4 Å². The van der Waals surface area contributed by atoms with E-state index >= 15 is 0 Å². The zero-order valence-electron chi connectivity index (χ0n) is 21.4. The third-order valence-electron chi connectivity index (χ3n) is 5.46. The molecule has 0 aliphatic rings. The summed E-state index contributed by atoms with van der Waals surface area (Å²) in [6, 6.07) is 16.5. The van der Waals surface area contributed by atoms with E-state index in [0.29, 0.717) is 22.6 Å². The van der Waals surface area contributed by atoms with E-state index in [0.717, 1.165) is 5.56 Å². The highest BCUT2D eigenvalue weighted by molar-refractivity contribution is 5.87. The summed E-state index contributed by atoms with van der Waals surface area (Å²) in [5.74, 6) is 0.705. The molecule has 0 aliphatic carbocycles. The number of ether oxygens (including phenoxy) is 4. The van der Waals surface area contributed by atoms with E-state index in [1.165, 1.54) is 7.11 Å². The lowest BCUT2D eigenvalue weighted by molar-refractivity contribution is -0.386. The maximum absolute atomic E-state index is 12.4. The molecule has 0 N–H and O–H groups in total.